The molecule has 3 aromatic rings. The van der Waals surface area contributed by atoms with Crippen LogP contribution in [0.2, 0.25) is 0 Å². The van der Waals surface area contributed by atoms with Crippen molar-refractivity contribution in [3.05, 3.63) is 72.3 Å². The van der Waals surface area contributed by atoms with Gasteiger partial charge in [-0.25, -0.2) is 0 Å². The van der Waals surface area contributed by atoms with Crippen molar-refractivity contribution in [2.75, 3.05) is 11.5 Å². The second kappa shape index (κ2) is 7.77. The molecular formula is C28H30N2O2. The Hall–Kier alpha value is -3.14. The molecule has 0 atom stereocenters. The lowest BCUT2D eigenvalue weighted by Gasteiger charge is -2.54. The highest BCUT2D eigenvalue weighted by molar-refractivity contribution is 5.51. The molecule has 32 heavy (non-hydrogen) atoms. The van der Waals surface area contributed by atoms with Gasteiger partial charge in [0.1, 0.15) is 23.0 Å². The number of benzene rings is 3. The molecule has 4 N–H and O–H groups in total. The smallest absolute Gasteiger partial charge is 0.134 e. The first-order chi connectivity index (χ1) is 15.6. The standard InChI is InChI=1S/C28H30N2O2/c29-21-3-1-5-23(14-21)31-25-7-8-26(27(16-25)32-24-6-2-4-22(30)15-24)28-19-10-17-9-18(12-19)13-20(28)11-17/h1-8,14-20,28H,9-13,29-30H2. The molecule has 3 aromatic carbocycles. The van der Waals surface area contributed by atoms with E-state index in [0.717, 1.165) is 46.7 Å². The van der Waals surface area contributed by atoms with Crippen LogP contribution < -0.4 is 20.9 Å². The second-order valence-electron chi connectivity index (χ2n) is 10.0. The first kappa shape index (κ1) is 19.5. The van der Waals surface area contributed by atoms with Crippen LogP contribution in [-0.4, -0.2) is 0 Å². The van der Waals surface area contributed by atoms with E-state index in [1.54, 1.807) is 0 Å². The SMILES string of the molecule is Nc1cccc(Oc2ccc(C3C4CC5CC(C4)CC3C5)c(Oc3cccc(N)c3)c2)c1. The highest BCUT2D eigenvalue weighted by atomic mass is 16.5. The average Bonchev–Trinajstić information content (AvgIpc) is 2.74. The fourth-order valence-electron chi connectivity index (χ4n) is 6.79. The number of nitrogen functional groups attached to an aromatic ring is 2. The lowest BCUT2D eigenvalue weighted by atomic mass is 9.50. The first-order valence-electron chi connectivity index (χ1n) is 11.8. The largest absolute Gasteiger partial charge is 0.457 e. The van der Waals surface area contributed by atoms with Crippen molar-refractivity contribution in [3.63, 3.8) is 0 Å². The molecule has 4 aliphatic carbocycles. The molecule has 4 saturated carbocycles. The molecule has 4 bridgehead atoms. The summed E-state index contributed by atoms with van der Waals surface area (Å²) in [7, 11) is 0. The second-order valence-corrected chi connectivity index (χ2v) is 10.0. The van der Waals surface area contributed by atoms with Crippen LogP contribution in [0.15, 0.2) is 66.7 Å². The highest BCUT2D eigenvalue weighted by Gasteiger charge is 2.49. The van der Waals surface area contributed by atoms with Gasteiger partial charge in [-0.05, 0) is 97.6 Å². The zero-order valence-corrected chi connectivity index (χ0v) is 18.2. The van der Waals surface area contributed by atoms with E-state index in [1.807, 2.05) is 54.6 Å². The van der Waals surface area contributed by atoms with Crippen molar-refractivity contribution in [2.24, 2.45) is 23.7 Å². The third kappa shape index (κ3) is 3.68. The topological polar surface area (TPSA) is 70.5 Å². The summed E-state index contributed by atoms with van der Waals surface area (Å²) in [6.07, 6.45) is 6.95. The number of anilines is 2. The molecule has 0 aliphatic heterocycles. The van der Waals surface area contributed by atoms with Gasteiger partial charge in [-0.15, -0.1) is 0 Å². The Labute approximate surface area is 189 Å². The van der Waals surface area contributed by atoms with E-state index in [1.165, 1.54) is 37.7 Å². The Kier molecular flexibility index (Phi) is 4.74. The van der Waals surface area contributed by atoms with Crippen molar-refractivity contribution in [1.29, 1.82) is 0 Å². The van der Waals surface area contributed by atoms with Crippen molar-refractivity contribution < 1.29 is 9.47 Å². The summed E-state index contributed by atoms with van der Waals surface area (Å²) < 4.78 is 12.6. The van der Waals surface area contributed by atoms with Gasteiger partial charge in [-0.3, -0.25) is 0 Å². The van der Waals surface area contributed by atoms with E-state index in [2.05, 4.69) is 12.1 Å². The molecule has 4 heteroatoms. The third-order valence-electron chi connectivity index (χ3n) is 7.75. The van der Waals surface area contributed by atoms with E-state index in [9.17, 15) is 0 Å². The van der Waals surface area contributed by atoms with E-state index in [0.29, 0.717) is 17.3 Å². The predicted molar refractivity (Wildman–Crippen MR) is 128 cm³/mol. The van der Waals surface area contributed by atoms with Gasteiger partial charge in [0.25, 0.3) is 0 Å². The van der Waals surface area contributed by atoms with Gasteiger partial charge >= 0.3 is 0 Å². The van der Waals surface area contributed by atoms with Crippen LogP contribution in [0, 0.1) is 23.7 Å². The molecule has 0 radical (unpaired) electrons. The van der Waals surface area contributed by atoms with Crippen LogP contribution in [0.5, 0.6) is 23.0 Å². The number of hydrogen-bond acceptors (Lipinski definition) is 4. The summed E-state index contributed by atoms with van der Waals surface area (Å²) in [6.45, 7) is 0. The predicted octanol–water partition coefficient (Wildman–Crippen LogP) is 6.98. The monoisotopic (exact) mass is 426 g/mol. The van der Waals surface area contributed by atoms with Gasteiger partial charge in [0.05, 0.1) is 0 Å². The molecule has 4 nitrogen and oxygen atoms in total. The molecule has 4 aliphatic rings. The molecule has 0 unspecified atom stereocenters. The Morgan fingerprint density at radius 2 is 1.16 bits per heavy atom. The van der Waals surface area contributed by atoms with Crippen molar-refractivity contribution in [2.45, 2.75) is 38.0 Å². The maximum atomic E-state index is 6.46. The zero-order chi connectivity index (χ0) is 21.7. The third-order valence-corrected chi connectivity index (χ3v) is 7.75. The molecule has 0 saturated heterocycles. The lowest BCUT2D eigenvalue weighted by Crippen LogP contribution is -2.43. The number of nitrogens with two attached hydrogens (primary N) is 2. The molecule has 4 fully saturated rings. The van der Waals surface area contributed by atoms with E-state index >= 15 is 0 Å². The van der Waals surface area contributed by atoms with Crippen molar-refractivity contribution in [1.82, 2.24) is 0 Å². The van der Waals surface area contributed by atoms with Gasteiger partial charge in [0.15, 0.2) is 0 Å². The Balaban J connectivity index is 1.37. The zero-order valence-electron chi connectivity index (χ0n) is 18.2. The van der Waals surface area contributed by atoms with Gasteiger partial charge in [0, 0.05) is 29.6 Å². The van der Waals surface area contributed by atoms with Crippen LogP contribution >= 0.6 is 0 Å². The van der Waals surface area contributed by atoms with Gasteiger partial charge in [-0.2, -0.15) is 0 Å². The van der Waals surface area contributed by atoms with Crippen LogP contribution in [0.4, 0.5) is 11.4 Å². The van der Waals surface area contributed by atoms with Gasteiger partial charge in [-0.1, -0.05) is 18.2 Å². The van der Waals surface area contributed by atoms with Crippen molar-refractivity contribution >= 4 is 11.4 Å². The summed E-state index contributed by atoms with van der Waals surface area (Å²) in [5.74, 6) is 7.12. The van der Waals surface area contributed by atoms with Crippen LogP contribution in [0.25, 0.3) is 0 Å². The summed E-state index contributed by atoms with van der Waals surface area (Å²) >= 11 is 0. The van der Waals surface area contributed by atoms with Crippen LogP contribution in [0.1, 0.15) is 43.6 Å². The molecule has 0 aromatic heterocycles. The Morgan fingerprint density at radius 1 is 0.594 bits per heavy atom. The molecular weight excluding hydrogens is 396 g/mol. The molecule has 7 rings (SSSR count). The fraction of sp³-hybridized carbons (Fsp3) is 0.357. The maximum absolute atomic E-state index is 6.46. The Morgan fingerprint density at radius 3 is 1.75 bits per heavy atom. The molecule has 0 spiro atoms. The van der Waals surface area contributed by atoms with Crippen LogP contribution in [-0.2, 0) is 0 Å². The lowest BCUT2D eigenvalue weighted by molar-refractivity contribution is -0.00337. The quantitative estimate of drug-likeness (QED) is 0.432. The van der Waals surface area contributed by atoms with E-state index in [-0.39, 0.29) is 0 Å². The number of rotatable bonds is 5. The maximum Gasteiger partial charge on any atom is 0.134 e. The Bertz CT molecular complexity index is 1110. The summed E-state index contributed by atoms with van der Waals surface area (Å²) in [6, 6.07) is 21.5. The molecule has 0 heterocycles. The van der Waals surface area contributed by atoms with Crippen molar-refractivity contribution in [3.8, 4) is 23.0 Å². The summed E-state index contributed by atoms with van der Waals surface area (Å²) in [4.78, 5) is 0. The summed E-state index contributed by atoms with van der Waals surface area (Å²) in [5, 5.41) is 0. The van der Waals surface area contributed by atoms with E-state index < -0.39 is 0 Å². The minimum Gasteiger partial charge on any atom is -0.457 e. The van der Waals surface area contributed by atoms with Crippen LogP contribution in [0.3, 0.4) is 0 Å². The van der Waals surface area contributed by atoms with E-state index in [4.69, 9.17) is 20.9 Å². The molecule has 164 valence electrons. The normalized spacial score (nSPS) is 27.9. The summed E-state index contributed by atoms with van der Waals surface area (Å²) in [5.41, 5.74) is 14.7. The fourth-order valence-corrected chi connectivity index (χ4v) is 6.79. The number of ether oxygens (including phenoxy) is 2. The number of hydrogen-bond donors (Lipinski definition) is 2. The average molecular weight is 427 g/mol. The van der Waals surface area contributed by atoms with Gasteiger partial charge in [0.2, 0.25) is 0 Å². The van der Waals surface area contributed by atoms with Gasteiger partial charge < -0.3 is 20.9 Å². The first-order valence-corrected chi connectivity index (χ1v) is 11.8. The minimum absolute atomic E-state index is 0.570. The minimum atomic E-state index is 0.570. The highest BCUT2D eigenvalue weighted by Crippen LogP contribution is 2.61. The molecule has 0 amide bonds.